The van der Waals surface area contributed by atoms with E-state index in [9.17, 15) is 0 Å². The molecule has 0 fully saturated rings. The molecule has 3 heteroatoms. The minimum atomic E-state index is 0.497. The summed E-state index contributed by atoms with van der Waals surface area (Å²) < 4.78 is 5.36. The van der Waals surface area contributed by atoms with E-state index in [0.29, 0.717) is 6.04 Å². The second kappa shape index (κ2) is 4.11. The first-order valence-electron chi connectivity index (χ1n) is 5.31. The molecule has 82 valence electrons. The lowest BCUT2D eigenvalue weighted by Crippen LogP contribution is -2.27. The van der Waals surface area contributed by atoms with E-state index in [1.54, 1.807) is 7.11 Å². The quantitative estimate of drug-likeness (QED) is 0.802. The number of fused-ring (bicyclic) bond motifs is 1. The minimum Gasteiger partial charge on any atom is -0.495 e. The number of para-hydroxylation sites is 1. The van der Waals surface area contributed by atoms with Crippen molar-refractivity contribution in [2.24, 2.45) is 0 Å². The molecular formula is C12H18N2O. The maximum Gasteiger partial charge on any atom is 0.142 e. The first-order valence-corrected chi connectivity index (χ1v) is 5.31. The van der Waals surface area contributed by atoms with Crippen LogP contribution in [0, 0.1) is 0 Å². The molecule has 0 saturated carbocycles. The zero-order chi connectivity index (χ0) is 10.8. The van der Waals surface area contributed by atoms with E-state index in [4.69, 9.17) is 4.74 Å². The molecule has 1 aliphatic heterocycles. The highest BCUT2D eigenvalue weighted by Crippen LogP contribution is 2.38. The molecule has 0 spiro atoms. The third kappa shape index (κ3) is 1.79. The molecule has 1 aliphatic rings. The van der Waals surface area contributed by atoms with Gasteiger partial charge in [-0.1, -0.05) is 12.1 Å². The van der Waals surface area contributed by atoms with Crippen LogP contribution in [0.1, 0.15) is 18.0 Å². The maximum atomic E-state index is 5.36. The fraction of sp³-hybridized carbons (Fsp3) is 0.500. The van der Waals surface area contributed by atoms with Crippen LogP contribution < -0.4 is 10.1 Å². The predicted octanol–water partition coefficient (Wildman–Crippen LogP) is 2.11. The van der Waals surface area contributed by atoms with Crippen LogP contribution in [0.4, 0.5) is 5.69 Å². The Kier molecular flexibility index (Phi) is 2.82. The topological polar surface area (TPSA) is 24.5 Å². The maximum absolute atomic E-state index is 5.36. The van der Waals surface area contributed by atoms with Crippen LogP contribution in [-0.4, -0.2) is 32.6 Å². The number of nitrogens with one attached hydrogen (secondary N) is 1. The molecule has 1 unspecified atom stereocenters. The molecule has 2 rings (SSSR count). The molecule has 0 aromatic heterocycles. The summed E-state index contributed by atoms with van der Waals surface area (Å²) in [5, 5.41) is 3.42. The number of hydrogen-bond donors (Lipinski definition) is 1. The molecule has 0 saturated heterocycles. The SMILES string of the molecule is COc1cccc2c1NCCC2N(C)C. The summed E-state index contributed by atoms with van der Waals surface area (Å²) in [6, 6.07) is 6.73. The zero-order valence-electron chi connectivity index (χ0n) is 9.58. The third-order valence-electron chi connectivity index (χ3n) is 2.98. The van der Waals surface area contributed by atoms with Crippen molar-refractivity contribution in [2.75, 3.05) is 33.1 Å². The molecule has 1 aromatic carbocycles. The van der Waals surface area contributed by atoms with Crippen LogP contribution in [-0.2, 0) is 0 Å². The van der Waals surface area contributed by atoms with E-state index in [1.165, 1.54) is 5.56 Å². The Balaban J connectivity index is 2.44. The lowest BCUT2D eigenvalue weighted by Gasteiger charge is -2.32. The van der Waals surface area contributed by atoms with Gasteiger partial charge < -0.3 is 15.0 Å². The Bertz CT molecular complexity index is 349. The smallest absolute Gasteiger partial charge is 0.142 e. The van der Waals surface area contributed by atoms with Gasteiger partial charge in [-0.3, -0.25) is 0 Å². The fourth-order valence-electron chi connectivity index (χ4n) is 2.21. The molecule has 0 aliphatic carbocycles. The minimum absolute atomic E-state index is 0.497. The van der Waals surface area contributed by atoms with E-state index >= 15 is 0 Å². The van der Waals surface area contributed by atoms with Crippen LogP contribution in [0.2, 0.25) is 0 Å². The van der Waals surface area contributed by atoms with E-state index in [2.05, 4.69) is 36.4 Å². The first-order chi connectivity index (χ1) is 7.24. The summed E-state index contributed by atoms with van der Waals surface area (Å²) in [6.45, 7) is 1.01. The van der Waals surface area contributed by atoms with Gasteiger partial charge >= 0.3 is 0 Å². The van der Waals surface area contributed by atoms with Crippen molar-refractivity contribution in [3.05, 3.63) is 23.8 Å². The van der Waals surface area contributed by atoms with Crippen LogP contribution in [0.25, 0.3) is 0 Å². The van der Waals surface area contributed by atoms with Crippen molar-refractivity contribution in [2.45, 2.75) is 12.5 Å². The number of nitrogens with zero attached hydrogens (tertiary/aromatic N) is 1. The normalized spacial score (nSPS) is 19.6. The number of hydrogen-bond acceptors (Lipinski definition) is 3. The summed E-state index contributed by atoms with van der Waals surface area (Å²) >= 11 is 0. The number of methoxy groups -OCH3 is 1. The summed E-state index contributed by atoms with van der Waals surface area (Å²) in [5.74, 6) is 0.944. The van der Waals surface area contributed by atoms with Gasteiger partial charge in [-0.2, -0.15) is 0 Å². The zero-order valence-corrected chi connectivity index (χ0v) is 9.58. The van der Waals surface area contributed by atoms with Gasteiger partial charge in [0.05, 0.1) is 12.8 Å². The second-order valence-electron chi connectivity index (χ2n) is 4.12. The van der Waals surface area contributed by atoms with Crippen molar-refractivity contribution in [3.63, 3.8) is 0 Å². The molecule has 3 nitrogen and oxygen atoms in total. The average molecular weight is 206 g/mol. The van der Waals surface area contributed by atoms with Gasteiger partial charge in [-0.05, 0) is 32.1 Å². The van der Waals surface area contributed by atoms with Crippen molar-refractivity contribution >= 4 is 5.69 Å². The third-order valence-corrected chi connectivity index (χ3v) is 2.98. The van der Waals surface area contributed by atoms with Crippen LogP contribution >= 0.6 is 0 Å². The van der Waals surface area contributed by atoms with Crippen molar-refractivity contribution < 1.29 is 4.74 Å². The first kappa shape index (κ1) is 10.3. The molecule has 1 N–H and O–H groups in total. The van der Waals surface area contributed by atoms with Crippen LogP contribution in [0.5, 0.6) is 5.75 Å². The highest BCUT2D eigenvalue weighted by Gasteiger charge is 2.23. The molecular weight excluding hydrogens is 188 g/mol. The Morgan fingerprint density at radius 1 is 1.40 bits per heavy atom. The van der Waals surface area contributed by atoms with Crippen LogP contribution in [0.15, 0.2) is 18.2 Å². The van der Waals surface area contributed by atoms with E-state index in [1.807, 2.05) is 6.07 Å². The highest BCUT2D eigenvalue weighted by molar-refractivity contribution is 5.64. The van der Waals surface area contributed by atoms with Gasteiger partial charge in [0.1, 0.15) is 5.75 Å². The predicted molar refractivity (Wildman–Crippen MR) is 62.5 cm³/mol. The molecule has 1 atom stereocenters. The van der Waals surface area contributed by atoms with Gasteiger partial charge in [0.15, 0.2) is 0 Å². The summed E-state index contributed by atoms with van der Waals surface area (Å²) in [4.78, 5) is 2.26. The Morgan fingerprint density at radius 2 is 2.20 bits per heavy atom. The number of ether oxygens (including phenoxy) is 1. The molecule has 0 radical (unpaired) electrons. The number of benzene rings is 1. The molecule has 0 bridgehead atoms. The van der Waals surface area contributed by atoms with Gasteiger partial charge in [-0.25, -0.2) is 0 Å². The Labute approximate surface area is 91.0 Å². The van der Waals surface area contributed by atoms with Crippen molar-refractivity contribution in [3.8, 4) is 5.75 Å². The largest absolute Gasteiger partial charge is 0.495 e. The highest BCUT2D eigenvalue weighted by atomic mass is 16.5. The summed E-state index contributed by atoms with van der Waals surface area (Å²) in [6.07, 6.45) is 1.15. The standard InChI is InChI=1S/C12H18N2O/c1-14(2)10-7-8-13-12-9(10)5-4-6-11(12)15-3/h4-6,10,13H,7-8H2,1-3H3. The molecule has 15 heavy (non-hydrogen) atoms. The van der Waals surface area contributed by atoms with Crippen LogP contribution in [0.3, 0.4) is 0 Å². The Hall–Kier alpha value is -1.22. The number of anilines is 1. The molecule has 1 heterocycles. The Morgan fingerprint density at radius 3 is 2.87 bits per heavy atom. The lowest BCUT2D eigenvalue weighted by atomic mass is 9.96. The second-order valence-corrected chi connectivity index (χ2v) is 4.12. The van der Waals surface area contributed by atoms with Gasteiger partial charge in [-0.15, -0.1) is 0 Å². The average Bonchev–Trinajstić information content (AvgIpc) is 2.27. The molecule has 0 amide bonds. The number of rotatable bonds is 2. The van der Waals surface area contributed by atoms with Gasteiger partial charge in [0, 0.05) is 12.6 Å². The van der Waals surface area contributed by atoms with Crippen molar-refractivity contribution in [1.82, 2.24) is 4.90 Å². The van der Waals surface area contributed by atoms with Gasteiger partial charge in [0.25, 0.3) is 0 Å². The summed E-state index contributed by atoms with van der Waals surface area (Å²) in [7, 11) is 5.97. The van der Waals surface area contributed by atoms with E-state index in [-0.39, 0.29) is 0 Å². The van der Waals surface area contributed by atoms with E-state index in [0.717, 1.165) is 24.4 Å². The van der Waals surface area contributed by atoms with E-state index < -0.39 is 0 Å². The summed E-state index contributed by atoms with van der Waals surface area (Å²) in [5.41, 5.74) is 2.50. The fourth-order valence-corrected chi connectivity index (χ4v) is 2.21. The van der Waals surface area contributed by atoms with Gasteiger partial charge in [0.2, 0.25) is 0 Å². The lowest BCUT2D eigenvalue weighted by molar-refractivity contribution is 0.283. The monoisotopic (exact) mass is 206 g/mol. The van der Waals surface area contributed by atoms with Crippen molar-refractivity contribution in [1.29, 1.82) is 0 Å². The molecule has 1 aromatic rings.